The number of hydrogen-bond donors (Lipinski definition) is 2. The molecule has 2 N–H and O–H groups in total. The monoisotopic (exact) mass is 175 g/mol. The van der Waals surface area contributed by atoms with Gasteiger partial charge in [-0.1, -0.05) is 0 Å². The highest BCUT2D eigenvalue weighted by Gasteiger charge is 2.19. The fourth-order valence-electron chi connectivity index (χ4n) is 1.93. The highest BCUT2D eigenvalue weighted by molar-refractivity contribution is 5.79. The van der Waals surface area contributed by atoms with Crippen LogP contribution in [0.25, 0.3) is 11.2 Å². The lowest BCUT2D eigenvalue weighted by atomic mass is 10.2. The van der Waals surface area contributed by atoms with Gasteiger partial charge in [0.2, 0.25) is 0 Å². The van der Waals surface area contributed by atoms with Gasteiger partial charge in [0.1, 0.15) is 11.3 Å². The van der Waals surface area contributed by atoms with Crippen LogP contribution in [-0.4, -0.2) is 20.1 Å². The Labute approximate surface area is 74.6 Å². The van der Waals surface area contributed by atoms with Crippen molar-refractivity contribution < 1.29 is 5.11 Å². The predicted octanol–water partition coefficient (Wildman–Crippen LogP) is 1.15. The fraction of sp³-hybridized carbons (Fsp3) is 0.333. The number of nitrogens with zero attached hydrogens (tertiary/aromatic N) is 2. The lowest BCUT2D eigenvalue weighted by Crippen LogP contribution is -1.90. The van der Waals surface area contributed by atoms with Gasteiger partial charge in [-0.15, -0.1) is 0 Å². The van der Waals surface area contributed by atoms with Gasteiger partial charge in [-0.2, -0.15) is 0 Å². The molecule has 2 heterocycles. The number of aryl methyl sites for hydroxylation is 1. The Morgan fingerprint density at radius 2 is 2.31 bits per heavy atom. The Kier molecular flexibility index (Phi) is 1.17. The number of nitrogens with one attached hydrogen (secondary N) is 1. The van der Waals surface area contributed by atoms with Crippen LogP contribution in [0.5, 0.6) is 5.75 Å². The molecule has 0 fully saturated rings. The fourth-order valence-corrected chi connectivity index (χ4v) is 1.93. The van der Waals surface area contributed by atoms with Crippen LogP contribution >= 0.6 is 0 Å². The van der Waals surface area contributed by atoms with Gasteiger partial charge >= 0.3 is 0 Å². The molecule has 2 aromatic rings. The van der Waals surface area contributed by atoms with Crippen molar-refractivity contribution in [1.82, 2.24) is 15.0 Å². The smallest absolute Gasteiger partial charge is 0.181 e. The first-order chi connectivity index (χ1) is 6.36. The maximum Gasteiger partial charge on any atom is 0.181 e. The Morgan fingerprint density at radius 3 is 3.23 bits per heavy atom. The minimum absolute atomic E-state index is 0.343. The summed E-state index contributed by atoms with van der Waals surface area (Å²) in [5.74, 6) is 0.343. The van der Waals surface area contributed by atoms with E-state index in [0.29, 0.717) is 16.9 Å². The molecule has 0 aromatic carbocycles. The maximum absolute atomic E-state index is 9.85. The molecule has 4 nitrogen and oxygen atoms in total. The minimum Gasteiger partial charge on any atom is -0.505 e. The van der Waals surface area contributed by atoms with E-state index < -0.39 is 0 Å². The molecule has 1 aliphatic rings. The Morgan fingerprint density at radius 1 is 1.38 bits per heavy atom. The van der Waals surface area contributed by atoms with Crippen molar-refractivity contribution >= 4 is 11.2 Å². The van der Waals surface area contributed by atoms with Gasteiger partial charge in [-0.3, -0.25) is 0 Å². The Hall–Kier alpha value is -1.58. The molecule has 0 saturated heterocycles. The quantitative estimate of drug-likeness (QED) is 0.631. The maximum atomic E-state index is 9.85. The third kappa shape index (κ3) is 0.798. The van der Waals surface area contributed by atoms with Crippen molar-refractivity contribution in [3.8, 4) is 5.75 Å². The number of imidazole rings is 1. The molecule has 0 saturated carbocycles. The first-order valence-corrected chi connectivity index (χ1v) is 4.40. The topological polar surface area (TPSA) is 61.8 Å². The molecule has 0 aliphatic heterocycles. The van der Waals surface area contributed by atoms with Crippen LogP contribution in [0.15, 0.2) is 6.33 Å². The highest BCUT2D eigenvalue weighted by Crippen LogP contribution is 2.32. The molecule has 0 radical (unpaired) electrons. The summed E-state index contributed by atoms with van der Waals surface area (Å²) in [6.45, 7) is 0. The normalized spacial score (nSPS) is 15.1. The summed E-state index contributed by atoms with van der Waals surface area (Å²) in [6.07, 6.45) is 4.55. The SMILES string of the molecule is Oc1c2c(nc3nc[nH]c13)CCC2. The largest absolute Gasteiger partial charge is 0.505 e. The van der Waals surface area contributed by atoms with Crippen molar-refractivity contribution in [3.05, 3.63) is 17.6 Å². The van der Waals surface area contributed by atoms with E-state index in [-0.39, 0.29) is 0 Å². The van der Waals surface area contributed by atoms with Crippen molar-refractivity contribution in [2.24, 2.45) is 0 Å². The molecule has 66 valence electrons. The summed E-state index contributed by atoms with van der Waals surface area (Å²) < 4.78 is 0. The standard InChI is InChI=1S/C9H9N3O/c13-8-5-2-1-3-6(5)12-9-7(8)10-4-11-9/h4H,1-3H2,(H2,10,11,12,13). The number of hydrogen-bond acceptors (Lipinski definition) is 3. The van der Waals surface area contributed by atoms with Crippen molar-refractivity contribution in [1.29, 1.82) is 0 Å². The van der Waals surface area contributed by atoms with E-state index in [4.69, 9.17) is 0 Å². The molecule has 3 rings (SSSR count). The zero-order chi connectivity index (χ0) is 8.84. The summed E-state index contributed by atoms with van der Waals surface area (Å²) in [6, 6.07) is 0. The number of rotatable bonds is 0. The molecule has 1 aliphatic carbocycles. The number of aromatic amines is 1. The molecule has 0 bridgehead atoms. The van der Waals surface area contributed by atoms with Gasteiger partial charge in [-0.25, -0.2) is 9.97 Å². The highest BCUT2D eigenvalue weighted by atomic mass is 16.3. The Bertz CT molecular complexity index is 475. The van der Waals surface area contributed by atoms with Crippen molar-refractivity contribution in [2.75, 3.05) is 0 Å². The van der Waals surface area contributed by atoms with E-state index in [9.17, 15) is 5.11 Å². The molecule has 0 amide bonds. The first-order valence-electron chi connectivity index (χ1n) is 4.40. The Balaban J connectivity index is 2.45. The molecule has 0 atom stereocenters. The molecule has 13 heavy (non-hydrogen) atoms. The van der Waals surface area contributed by atoms with Crippen LogP contribution < -0.4 is 0 Å². The van der Waals surface area contributed by atoms with Gasteiger partial charge in [-0.05, 0) is 19.3 Å². The summed E-state index contributed by atoms with van der Waals surface area (Å²) in [4.78, 5) is 11.3. The molecule has 2 aromatic heterocycles. The molecular formula is C9H9N3O. The second-order valence-electron chi connectivity index (χ2n) is 3.34. The zero-order valence-corrected chi connectivity index (χ0v) is 7.04. The van der Waals surface area contributed by atoms with Gasteiger partial charge in [0, 0.05) is 11.3 Å². The van der Waals surface area contributed by atoms with Gasteiger partial charge in [0.15, 0.2) is 5.65 Å². The summed E-state index contributed by atoms with van der Waals surface area (Å²) in [5, 5.41) is 9.85. The lowest BCUT2D eigenvalue weighted by Gasteiger charge is -2.01. The number of pyridine rings is 1. The second kappa shape index (κ2) is 2.22. The average Bonchev–Trinajstić information content (AvgIpc) is 2.71. The van der Waals surface area contributed by atoms with Crippen LogP contribution in [0, 0.1) is 0 Å². The minimum atomic E-state index is 0.343. The number of aromatic nitrogens is 3. The van der Waals surface area contributed by atoms with E-state index in [1.165, 1.54) is 0 Å². The van der Waals surface area contributed by atoms with Crippen LogP contribution in [0.1, 0.15) is 17.7 Å². The molecular weight excluding hydrogens is 166 g/mol. The lowest BCUT2D eigenvalue weighted by molar-refractivity contribution is 0.474. The number of aromatic hydroxyl groups is 1. The molecule has 0 unspecified atom stereocenters. The van der Waals surface area contributed by atoms with E-state index >= 15 is 0 Å². The number of fused-ring (bicyclic) bond motifs is 2. The van der Waals surface area contributed by atoms with E-state index in [1.54, 1.807) is 6.33 Å². The van der Waals surface area contributed by atoms with E-state index in [0.717, 1.165) is 30.5 Å². The first kappa shape index (κ1) is 6.88. The van der Waals surface area contributed by atoms with Crippen molar-refractivity contribution in [2.45, 2.75) is 19.3 Å². The van der Waals surface area contributed by atoms with E-state index in [2.05, 4.69) is 15.0 Å². The van der Waals surface area contributed by atoms with Gasteiger partial charge < -0.3 is 10.1 Å². The van der Waals surface area contributed by atoms with Crippen molar-refractivity contribution in [3.63, 3.8) is 0 Å². The van der Waals surface area contributed by atoms with Gasteiger partial charge in [0.05, 0.1) is 6.33 Å². The molecule has 4 heteroatoms. The van der Waals surface area contributed by atoms with Crippen LogP contribution in [-0.2, 0) is 12.8 Å². The van der Waals surface area contributed by atoms with E-state index in [1.807, 2.05) is 0 Å². The summed E-state index contributed by atoms with van der Waals surface area (Å²) >= 11 is 0. The average molecular weight is 175 g/mol. The van der Waals surface area contributed by atoms with Crippen LogP contribution in [0.2, 0.25) is 0 Å². The third-order valence-electron chi connectivity index (χ3n) is 2.57. The van der Waals surface area contributed by atoms with Gasteiger partial charge in [0.25, 0.3) is 0 Å². The third-order valence-corrected chi connectivity index (χ3v) is 2.57. The summed E-state index contributed by atoms with van der Waals surface area (Å²) in [7, 11) is 0. The predicted molar refractivity (Wildman–Crippen MR) is 47.6 cm³/mol. The second-order valence-corrected chi connectivity index (χ2v) is 3.34. The zero-order valence-electron chi connectivity index (χ0n) is 7.04. The number of H-pyrrole nitrogens is 1. The van der Waals surface area contributed by atoms with Crippen LogP contribution in [0.3, 0.4) is 0 Å². The molecule has 0 spiro atoms. The van der Waals surface area contributed by atoms with Crippen LogP contribution in [0.4, 0.5) is 0 Å². The summed E-state index contributed by atoms with van der Waals surface area (Å²) in [5.41, 5.74) is 3.30.